The first-order chi connectivity index (χ1) is 17.0. The fraction of sp³-hybridized carbons (Fsp3) is 0.400. The second-order valence-corrected chi connectivity index (χ2v) is 8.87. The molecule has 4 heterocycles. The van der Waals surface area contributed by atoms with Gasteiger partial charge in [0, 0.05) is 37.4 Å². The highest BCUT2D eigenvalue weighted by atomic mass is 19.4. The average Bonchev–Trinajstić information content (AvgIpc) is 2.83. The highest BCUT2D eigenvalue weighted by Crippen LogP contribution is 2.31. The summed E-state index contributed by atoms with van der Waals surface area (Å²) in [4.78, 5) is 32.6. The van der Waals surface area contributed by atoms with Crippen LogP contribution in [0.5, 0.6) is 0 Å². The van der Waals surface area contributed by atoms with Crippen molar-refractivity contribution in [2.45, 2.75) is 52.1 Å². The third-order valence-electron chi connectivity index (χ3n) is 6.03. The van der Waals surface area contributed by atoms with E-state index in [0.29, 0.717) is 35.0 Å². The fourth-order valence-electron chi connectivity index (χ4n) is 4.27. The standard InChI is InChI=1S/C25H27F3N6O2/c1-14-10-18(25(26,27)28)11-31-22(14)32-12-20-17(4)36-16(3)13-34(20)24(35)21-19(7-6-15(2)33-21)23-29-8-5-9-30-23/h5-11,16-17,20H,12-13H2,1-4H3,(H,31,32)/t16-,17+,20-/m1/s1. The molecule has 0 radical (unpaired) electrons. The molecule has 0 aliphatic carbocycles. The minimum Gasteiger partial charge on any atom is -0.372 e. The Kier molecular flexibility index (Phi) is 7.21. The molecular formula is C25H27F3N6O2. The molecule has 0 spiro atoms. The van der Waals surface area contributed by atoms with Crippen LogP contribution in [-0.2, 0) is 10.9 Å². The Morgan fingerprint density at radius 1 is 1.17 bits per heavy atom. The van der Waals surface area contributed by atoms with E-state index in [0.717, 1.165) is 12.3 Å². The van der Waals surface area contributed by atoms with Crippen molar-refractivity contribution in [2.24, 2.45) is 0 Å². The van der Waals surface area contributed by atoms with Crippen molar-refractivity contribution in [3.63, 3.8) is 0 Å². The Morgan fingerprint density at radius 2 is 1.89 bits per heavy atom. The Labute approximate surface area is 207 Å². The van der Waals surface area contributed by atoms with E-state index in [2.05, 4.69) is 25.3 Å². The number of morpholine rings is 1. The zero-order valence-corrected chi connectivity index (χ0v) is 20.4. The lowest BCUT2D eigenvalue weighted by Gasteiger charge is -2.43. The molecule has 0 saturated carbocycles. The molecule has 1 amide bonds. The molecule has 8 nitrogen and oxygen atoms in total. The number of hydrogen-bond acceptors (Lipinski definition) is 7. The molecule has 3 aromatic rings. The lowest BCUT2D eigenvalue weighted by molar-refractivity contribution is -0.137. The van der Waals surface area contributed by atoms with Crippen LogP contribution < -0.4 is 5.32 Å². The van der Waals surface area contributed by atoms with E-state index >= 15 is 0 Å². The third kappa shape index (κ3) is 5.46. The van der Waals surface area contributed by atoms with Crippen molar-refractivity contribution in [3.8, 4) is 11.4 Å². The van der Waals surface area contributed by atoms with Crippen molar-refractivity contribution in [1.82, 2.24) is 24.8 Å². The molecule has 0 bridgehead atoms. The topological polar surface area (TPSA) is 93.1 Å². The summed E-state index contributed by atoms with van der Waals surface area (Å²) in [6, 6.07) is 5.89. The first-order valence-electron chi connectivity index (χ1n) is 11.5. The molecule has 1 fully saturated rings. The maximum absolute atomic E-state index is 13.9. The monoisotopic (exact) mass is 500 g/mol. The van der Waals surface area contributed by atoms with Crippen LogP contribution in [0, 0.1) is 13.8 Å². The molecule has 0 aromatic carbocycles. The number of pyridine rings is 2. The second kappa shape index (κ2) is 10.2. The summed E-state index contributed by atoms with van der Waals surface area (Å²) in [5.74, 6) is 0.405. The van der Waals surface area contributed by atoms with E-state index in [1.54, 1.807) is 49.3 Å². The molecule has 1 saturated heterocycles. The Morgan fingerprint density at radius 3 is 2.56 bits per heavy atom. The van der Waals surface area contributed by atoms with Crippen molar-refractivity contribution >= 4 is 11.7 Å². The lowest BCUT2D eigenvalue weighted by atomic mass is 10.0. The molecule has 36 heavy (non-hydrogen) atoms. The number of ether oxygens (including phenoxy) is 1. The maximum Gasteiger partial charge on any atom is 0.417 e. The molecule has 0 unspecified atom stereocenters. The molecule has 1 N–H and O–H groups in total. The first kappa shape index (κ1) is 25.5. The Bertz CT molecular complexity index is 1240. The fourth-order valence-corrected chi connectivity index (χ4v) is 4.27. The number of alkyl halides is 3. The number of aryl methyl sites for hydroxylation is 2. The van der Waals surface area contributed by atoms with Crippen molar-refractivity contribution in [1.29, 1.82) is 0 Å². The minimum atomic E-state index is -4.47. The van der Waals surface area contributed by atoms with Gasteiger partial charge in [-0.1, -0.05) is 0 Å². The average molecular weight is 501 g/mol. The Balaban J connectivity index is 1.62. The van der Waals surface area contributed by atoms with Gasteiger partial charge in [0.05, 0.1) is 29.4 Å². The van der Waals surface area contributed by atoms with E-state index in [1.165, 1.54) is 0 Å². The molecule has 190 valence electrons. The molecule has 1 aliphatic rings. The number of nitrogens with one attached hydrogen (secondary N) is 1. The van der Waals surface area contributed by atoms with Gasteiger partial charge in [0.15, 0.2) is 5.82 Å². The lowest BCUT2D eigenvalue weighted by Crippen LogP contribution is -2.58. The molecular weight excluding hydrogens is 473 g/mol. The van der Waals surface area contributed by atoms with Gasteiger partial charge in [0.25, 0.3) is 5.91 Å². The van der Waals surface area contributed by atoms with Gasteiger partial charge in [-0.25, -0.2) is 19.9 Å². The second-order valence-electron chi connectivity index (χ2n) is 8.87. The number of hydrogen-bond donors (Lipinski definition) is 1. The van der Waals surface area contributed by atoms with Crippen LogP contribution in [0.1, 0.15) is 41.2 Å². The van der Waals surface area contributed by atoms with E-state index in [4.69, 9.17) is 4.74 Å². The van der Waals surface area contributed by atoms with Gasteiger partial charge in [-0.05, 0) is 57.5 Å². The van der Waals surface area contributed by atoms with Gasteiger partial charge in [0.1, 0.15) is 11.5 Å². The van der Waals surface area contributed by atoms with Gasteiger partial charge < -0.3 is 15.0 Å². The normalized spacial score (nSPS) is 20.3. The van der Waals surface area contributed by atoms with Gasteiger partial charge in [-0.15, -0.1) is 0 Å². The summed E-state index contributed by atoms with van der Waals surface area (Å²) in [6.07, 6.45) is -1.04. The summed E-state index contributed by atoms with van der Waals surface area (Å²) in [5.41, 5.74) is 0.962. The van der Waals surface area contributed by atoms with Crippen LogP contribution in [-0.4, -0.2) is 62.1 Å². The van der Waals surface area contributed by atoms with Crippen LogP contribution in [0.2, 0.25) is 0 Å². The van der Waals surface area contributed by atoms with Crippen molar-refractivity contribution in [3.05, 3.63) is 65.4 Å². The highest BCUT2D eigenvalue weighted by molar-refractivity contribution is 5.98. The van der Waals surface area contributed by atoms with Gasteiger partial charge in [-0.3, -0.25) is 4.79 Å². The summed E-state index contributed by atoms with van der Waals surface area (Å²) in [5, 5.41) is 3.10. The quantitative estimate of drug-likeness (QED) is 0.558. The molecule has 3 aromatic heterocycles. The largest absolute Gasteiger partial charge is 0.417 e. The van der Waals surface area contributed by atoms with E-state index in [9.17, 15) is 18.0 Å². The maximum atomic E-state index is 13.9. The van der Waals surface area contributed by atoms with Crippen molar-refractivity contribution < 1.29 is 22.7 Å². The van der Waals surface area contributed by atoms with Crippen molar-refractivity contribution in [2.75, 3.05) is 18.4 Å². The minimum absolute atomic E-state index is 0.215. The molecule has 3 atom stereocenters. The van der Waals surface area contributed by atoms with Gasteiger partial charge >= 0.3 is 6.18 Å². The molecule has 4 rings (SSSR count). The number of carbonyl (C=O) groups is 1. The predicted octanol–water partition coefficient (Wildman–Crippen LogP) is 4.30. The molecule has 11 heteroatoms. The van der Waals surface area contributed by atoms with Crippen LogP contribution >= 0.6 is 0 Å². The zero-order valence-electron chi connectivity index (χ0n) is 20.4. The zero-order chi connectivity index (χ0) is 26.0. The van der Waals surface area contributed by atoms with Crippen LogP contribution in [0.25, 0.3) is 11.4 Å². The van der Waals surface area contributed by atoms with E-state index in [-0.39, 0.29) is 30.4 Å². The van der Waals surface area contributed by atoms with Gasteiger partial charge in [0.2, 0.25) is 0 Å². The van der Waals surface area contributed by atoms with E-state index in [1.807, 2.05) is 13.8 Å². The summed E-state index contributed by atoms with van der Waals surface area (Å²) in [7, 11) is 0. The smallest absolute Gasteiger partial charge is 0.372 e. The predicted molar refractivity (Wildman–Crippen MR) is 127 cm³/mol. The van der Waals surface area contributed by atoms with Crippen LogP contribution in [0.15, 0.2) is 42.9 Å². The number of anilines is 1. The summed E-state index contributed by atoms with van der Waals surface area (Å²) >= 11 is 0. The number of rotatable bonds is 5. The number of aromatic nitrogens is 4. The van der Waals surface area contributed by atoms with E-state index < -0.39 is 17.8 Å². The number of nitrogens with zero attached hydrogens (tertiary/aromatic N) is 5. The number of halogens is 3. The number of carbonyl (C=O) groups excluding carboxylic acids is 1. The summed E-state index contributed by atoms with van der Waals surface area (Å²) < 4.78 is 45.0. The summed E-state index contributed by atoms with van der Waals surface area (Å²) in [6.45, 7) is 7.64. The molecule has 1 aliphatic heterocycles. The first-order valence-corrected chi connectivity index (χ1v) is 11.5. The van der Waals surface area contributed by atoms with Crippen LogP contribution in [0.4, 0.5) is 19.0 Å². The third-order valence-corrected chi connectivity index (χ3v) is 6.03. The van der Waals surface area contributed by atoms with Crippen LogP contribution in [0.3, 0.4) is 0 Å². The number of amides is 1. The SMILES string of the molecule is Cc1ccc(-c2ncccn2)c(C(=O)N2C[C@@H](C)O[C@@H](C)[C@H]2CNc2ncc(C(F)(F)F)cc2C)n1. The highest BCUT2D eigenvalue weighted by Gasteiger charge is 2.38. The van der Waals surface area contributed by atoms with Gasteiger partial charge in [-0.2, -0.15) is 13.2 Å². The Hall–Kier alpha value is -3.60.